The van der Waals surface area contributed by atoms with Crippen molar-refractivity contribution >= 4 is 41.9 Å². The summed E-state index contributed by atoms with van der Waals surface area (Å²) in [5, 5.41) is 0. The van der Waals surface area contributed by atoms with Crippen LogP contribution in [0.15, 0.2) is 33.6 Å². The first-order valence-electron chi connectivity index (χ1n) is 5.39. The molecule has 1 aromatic rings. The Hall–Kier alpha value is 0.0900. The molecule has 1 saturated carbocycles. The van der Waals surface area contributed by atoms with Gasteiger partial charge in [-0.3, -0.25) is 0 Å². The van der Waals surface area contributed by atoms with Crippen LogP contribution in [0, 0.1) is 5.92 Å². The van der Waals surface area contributed by atoms with Crippen molar-refractivity contribution in [2.24, 2.45) is 5.92 Å². The molecule has 6 heteroatoms. The molecule has 0 saturated heterocycles. The summed E-state index contributed by atoms with van der Waals surface area (Å²) in [5.74, 6) is 0.622. The van der Waals surface area contributed by atoms with E-state index in [4.69, 9.17) is 0 Å². The summed E-state index contributed by atoms with van der Waals surface area (Å²) in [6.07, 6.45) is 2.37. The summed E-state index contributed by atoms with van der Waals surface area (Å²) in [6, 6.07) is 6.82. The molecular formula is C11H13Br2NO2S. The fourth-order valence-electron chi connectivity index (χ4n) is 1.55. The molecule has 1 N–H and O–H groups in total. The highest BCUT2D eigenvalue weighted by molar-refractivity contribution is 9.10. The Balaban J connectivity index is 2.05. The molecule has 1 atom stereocenters. The Labute approximate surface area is 118 Å². The normalized spacial score (nSPS) is 18.0. The Morgan fingerprint density at radius 1 is 1.35 bits per heavy atom. The molecule has 0 aromatic heterocycles. The van der Waals surface area contributed by atoms with Gasteiger partial charge in [-0.15, -0.1) is 0 Å². The summed E-state index contributed by atoms with van der Waals surface area (Å²) in [5.41, 5.74) is 0. The first-order chi connectivity index (χ1) is 8.00. The van der Waals surface area contributed by atoms with Crippen molar-refractivity contribution in [2.75, 3.05) is 6.54 Å². The second-order valence-corrected chi connectivity index (χ2v) is 7.90. The Bertz CT molecular complexity index is 500. The van der Waals surface area contributed by atoms with Gasteiger partial charge < -0.3 is 0 Å². The molecule has 0 bridgehead atoms. The summed E-state index contributed by atoms with van der Waals surface area (Å²) in [7, 11) is -3.42. The van der Waals surface area contributed by atoms with Crippen molar-refractivity contribution in [1.29, 1.82) is 0 Å². The summed E-state index contributed by atoms with van der Waals surface area (Å²) < 4.78 is 27.3. The van der Waals surface area contributed by atoms with Crippen molar-refractivity contribution < 1.29 is 8.42 Å². The average molecular weight is 383 g/mol. The van der Waals surface area contributed by atoms with Crippen LogP contribution in [0.1, 0.15) is 12.8 Å². The minimum atomic E-state index is -3.42. The van der Waals surface area contributed by atoms with Crippen LogP contribution in [-0.4, -0.2) is 19.8 Å². The number of halogens is 2. The van der Waals surface area contributed by atoms with Crippen LogP contribution in [0.5, 0.6) is 0 Å². The van der Waals surface area contributed by atoms with Crippen molar-refractivity contribution in [3.8, 4) is 0 Å². The highest BCUT2D eigenvalue weighted by Crippen LogP contribution is 2.36. The quantitative estimate of drug-likeness (QED) is 0.796. The zero-order valence-electron chi connectivity index (χ0n) is 9.07. The van der Waals surface area contributed by atoms with Gasteiger partial charge in [-0.2, -0.15) is 0 Å². The van der Waals surface area contributed by atoms with Gasteiger partial charge in [0.25, 0.3) is 0 Å². The monoisotopic (exact) mass is 381 g/mol. The van der Waals surface area contributed by atoms with E-state index in [-0.39, 0.29) is 9.72 Å². The largest absolute Gasteiger partial charge is 0.241 e. The van der Waals surface area contributed by atoms with Gasteiger partial charge in [-0.25, -0.2) is 13.1 Å². The van der Waals surface area contributed by atoms with Gasteiger partial charge in [0.1, 0.15) is 0 Å². The highest BCUT2D eigenvalue weighted by atomic mass is 79.9. The van der Waals surface area contributed by atoms with E-state index in [1.165, 1.54) is 12.8 Å². The predicted octanol–water partition coefficient (Wildman–Crippen LogP) is 2.90. The third-order valence-electron chi connectivity index (χ3n) is 2.73. The maximum absolute atomic E-state index is 12.0. The fraction of sp³-hybridized carbons (Fsp3) is 0.455. The second-order valence-electron chi connectivity index (χ2n) is 4.14. The van der Waals surface area contributed by atoms with E-state index in [9.17, 15) is 8.42 Å². The van der Waals surface area contributed by atoms with Crippen molar-refractivity contribution in [1.82, 2.24) is 4.72 Å². The Morgan fingerprint density at radius 3 is 2.59 bits per heavy atom. The van der Waals surface area contributed by atoms with Gasteiger partial charge >= 0.3 is 0 Å². The van der Waals surface area contributed by atoms with E-state index < -0.39 is 10.0 Å². The zero-order chi connectivity index (χ0) is 12.5. The van der Waals surface area contributed by atoms with E-state index in [0.29, 0.717) is 16.9 Å². The van der Waals surface area contributed by atoms with Crippen LogP contribution >= 0.6 is 31.9 Å². The lowest BCUT2D eigenvalue weighted by molar-refractivity contribution is 0.577. The lowest BCUT2D eigenvalue weighted by atomic mass is 10.3. The molecule has 0 heterocycles. The molecular weight excluding hydrogens is 370 g/mol. The lowest BCUT2D eigenvalue weighted by Gasteiger charge is -2.11. The van der Waals surface area contributed by atoms with Crippen LogP contribution < -0.4 is 4.72 Å². The van der Waals surface area contributed by atoms with E-state index in [1.54, 1.807) is 24.3 Å². The summed E-state index contributed by atoms with van der Waals surface area (Å²) >= 11 is 6.76. The average Bonchev–Trinajstić information content (AvgIpc) is 3.10. The van der Waals surface area contributed by atoms with Gasteiger partial charge in [-0.1, -0.05) is 28.1 Å². The number of nitrogens with one attached hydrogen (secondary N) is 1. The Morgan fingerprint density at radius 2 is 2.00 bits per heavy atom. The molecule has 1 aliphatic carbocycles. The number of benzene rings is 1. The van der Waals surface area contributed by atoms with E-state index in [1.807, 2.05) is 0 Å². The number of alkyl halides is 1. The van der Waals surface area contributed by atoms with Crippen LogP contribution in [0.4, 0.5) is 0 Å². The SMILES string of the molecule is O=S(=O)(NCC(Br)C1CC1)c1ccccc1Br. The summed E-state index contributed by atoms with van der Waals surface area (Å²) in [6.45, 7) is 0.439. The molecule has 0 spiro atoms. The molecule has 1 aliphatic rings. The smallest absolute Gasteiger partial charge is 0.210 e. The molecule has 0 radical (unpaired) electrons. The molecule has 1 unspecified atom stereocenters. The molecule has 17 heavy (non-hydrogen) atoms. The topological polar surface area (TPSA) is 46.2 Å². The minimum Gasteiger partial charge on any atom is -0.210 e. The maximum atomic E-state index is 12.0. The predicted molar refractivity (Wildman–Crippen MR) is 74.8 cm³/mol. The highest BCUT2D eigenvalue weighted by Gasteiger charge is 2.30. The molecule has 1 aromatic carbocycles. The zero-order valence-corrected chi connectivity index (χ0v) is 13.1. The molecule has 0 amide bonds. The van der Waals surface area contributed by atoms with Crippen LogP contribution in [0.2, 0.25) is 0 Å². The number of sulfonamides is 1. The minimum absolute atomic E-state index is 0.236. The molecule has 94 valence electrons. The molecule has 3 nitrogen and oxygen atoms in total. The molecule has 2 rings (SSSR count). The lowest BCUT2D eigenvalue weighted by Crippen LogP contribution is -2.30. The third kappa shape index (κ3) is 3.53. The molecule has 0 aliphatic heterocycles. The fourth-order valence-corrected chi connectivity index (χ4v) is 4.52. The number of rotatable bonds is 5. The van der Waals surface area contributed by atoms with Crippen molar-refractivity contribution in [2.45, 2.75) is 22.6 Å². The maximum Gasteiger partial charge on any atom is 0.241 e. The van der Waals surface area contributed by atoms with Gasteiger partial charge in [-0.05, 0) is 46.8 Å². The first-order valence-corrected chi connectivity index (χ1v) is 8.58. The van der Waals surface area contributed by atoms with E-state index in [2.05, 4.69) is 36.6 Å². The van der Waals surface area contributed by atoms with Gasteiger partial charge in [0, 0.05) is 15.8 Å². The summed E-state index contributed by atoms with van der Waals surface area (Å²) in [4.78, 5) is 0.523. The van der Waals surface area contributed by atoms with Gasteiger partial charge in [0.05, 0.1) is 4.90 Å². The third-order valence-corrected chi connectivity index (χ3v) is 6.24. The van der Waals surface area contributed by atoms with Crippen LogP contribution in [0.3, 0.4) is 0 Å². The molecule has 1 fully saturated rings. The van der Waals surface area contributed by atoms with Crippen LogP contribution in [-0.2, 0) is 10.0 Å². The standard InChI is InChI=1S/C11H13Br2NO2S/c12-9-3-1-2-4-11(9)17(15,16)14-7-10(13)8-5-6-8/h1-4,8,10,14H,5-7H2. The van der Waals surface area contributed by atoms with E-state index in [0.717, 1.165) is 0 Å². The number of hydrogen-bond acceptors (Lipinski definition) is 2. The second kappa shape index (κ2) is 5.38. The van der Waals surface area contributed by atoms with E-state index >= 15 is 0 Å². The van der Waals surface area contributed by atoms with Crippen LogP contribution in [0.25, 0.3) is 0 Å². The van der Waals surface area contributed by atoms with Gasteiger partial charge in [0.2, 0.25) is 10.0 Å². The van der Waals surface area contributed by atoms with Crippen molar-refractivity contribution in [3.63, 3.8) is 0 Å². The Kier molecular flexibility index (Phi) is 4.28. The first kappa shape index (κ1) is 13.5. The number of hydrogen-bond donors (Lipinski definition) is 1. The van der Waals surface area contributed by atoms with Crippen molar-refractivity contribution in [3.05, 3.63) is 28.7 Å². The van der Waals surface area contributed by atoms with Gasteiger partial charge in [0.15, 0.2) is 0 Å².